The van der Waals surface area contributed by atoms with E-state index in [0.29, 0.717) is 10.9 Å². The van der Waals surface area contributed by atoms with Gasteiger partial charge in [-0.15, -0.1) is 0 Å². The molecule has 0 fully saturated rings. The number of halogens is 2. The lowest BCUT2D eigenvalue weighted by Crippen LogP contribution is -2.02. The molecule has 36 heavy (non-hydrogen) atoms. The third-order valence-electron chi connectivity index (χ3n) is 5.11. The quantitative estimate of drug-likeness (QED) is 0.315. The van der Waals surface area contributed by atoms with Crippen LogP contribution in [0.2, 0.25) is 5.02 Å². The summed E-state index contributed by atoms with van der Waals surface area (Å²) < 4.78 is 13.3. The molecule has 3 nitrogen and oxygen atoms in total. The molecule has 0 saturated carbocycles. The fourth-order valence-corrected chi connectivity index (χ4v) is 3.68. The van der Waals surface area contributed by atoms with Crippen LogP contribution in [-0.2, 0) is 19.3 Å². The smallest absolute Gasteiger partial charge is 0.131 e. The van der Waals surface area contributed by atoms with Crippen molar-refractivity contribution in [2.45, 2.75) is 93.9 Å². The van der Waals surface area contributed by atoms with Crippen LogP contribution in [0.5, 0.6) is 0 Å². The van der Waals surface area contributed by atoms with E-state index in [1.807, 2.05) is 46.0 Å². The Bertz CT molecular complexity index is 1050. The van der Waals surface area contributed by atoms with Crippen LogP contribution in [0.3, 0.4) is 0 Å². The standard InChI is InChI=1S/C18H19ClFN.C9H14N2.2C2H6/c1-4-7-15-16(11-13(5-2)21-18(15)6-3)14-9-8-12(20)10-17(14)19;1-4-8-5-6-10-9(11-8)7(2)3;2*1-2/h5,8-11H,2,4,6-7H2,1,3H3;5-7H,4H2,1-3H3;2*1-2H3. The highest BCUT2D eigenvalue weighted by atomic mass is 35.5. The van der Waals surface area contributed by atoms with Crippen LogP contribution < -0.4 is 0 Å². The van der Waals surface area contributed by atoms with Crippen LogP contribution in [0, 0.1) is 5.82 Å². The van der Waals surface area contributed by atoms with Gasteiger partial charge in [-0.2, -0.15) is 0 Å². The summed E-state index contributed by atoms with van der Waals surface area (Å²) in [6.07, 6.45) is 7.35. The third-order valence-corrected chi connectivity index (χ3v) is 5.42. The molecule has 0 N–H and O–H groups in total. The zero-order valence-corrected chi connectivity index (χ0v) is 24.5. The van der Waals surface area contributed by atoms with E-state index in [1.54, 1.807) is 12.1 Å². The second-order valence-electron chi connectivity index (χ2n) is 7.87. The molecule has 3 rings (SSSR count). The molecular weight excluding hydrogens is 469 g/mol. The predicted octanol–water partition coefficient (Wildman–Crippen LogP) is 9.91. The van der Waals surface area contributed by atoms with Crippen molar-refractivity contribution in [3.63, 3.8) is 0 Å². The Kier molecular flexibility index (Phi) is 17.3. The first kappa shape index (κ1) is 33.4. The Morgan fingerprint density at radius 3 is 2.11 bits per heavy atom. The first-order valence-corrected chi connectivity index (χ1v) is 13.6. The van der Waals surface area contributed by atoms with E-state index in [4.69, 9.17) is 11.6 Å². The average molecular weight is 514 g/mol. The van der Waals surface area contributed by atoms with Crippen molar-refractivity contribution in [2.75, 3.05) is 0 Å². The molecule has 198 valence electrons. The number of aryl methyl sites for hydroxylation is 2. The number of benzene rings is 1. The van der Waals surface area contributed by atoms with Crippen LogP contribution in [-0.4, -0.2) is 15.0 Å². The van der Waals surface area contributed by atoms with Crippen molar-refractivity contribution in [1.82, 2.24) is 15.0 Å². The second-order valence-corrected chi connectivity index (χ2v) is 8.27. The summed E-state index contributed by atoms with van der Waals surface area (Å²) in [6, 6.07) is 8.48. The number of hydrogen-bond donors (Lipinski definition) is 0. The maximum atomic E-state index is 13.3. The lowest BCUT2D eigenvalue weighted by atomic mass is 9.94. The highest BCUT2D eigenvalue weighted by Crippen LogP contribution is 2.34. The molecule has 0 saturated heterocycles. The zero-order chi connectivity index (χ0) is 27.7. The zero-order valence-electron chi connectivity index (χ0n) is 23.8. The Hall–Kier alpha value is -2.59. The van der Waals surface area contributed by atoms with Gasteiger partial charge in [0.2, 0.25) is 0 Å². The predicted molar refractivity (Wildman–Crippen MR) is 156 cm³/mol. The third kappa shape index (κ3) is 10.2. The Morgan fingerprint density at radius 2 is 1.61 bits per heavy atom. The van der Waals surface area contributed by atoms with E-state index in [0.717, 1.165) is 59.7 Å². The van der Waals surface area contributed by atoms with E-state index in [9.17, 15) is 4.39 Å². The van der Waals surface area contributed by atoms with Crippen LogP contribution in [0.15, 0.2) is 43.1 Å². The summed E-state index contributed by atoms with van der Waals surface area (Å²) in [7, 11) is 0. The van der Waals surface area contributed by atoms with E-state index in [2.05, 4.69) is 56.1 Å². The van der Waals surface area contributed by atoms with Crippen molar-refractivity contribution < 1.29 is 4.39 Å². The van der Waals surface area contributed by atoms with Crippen LogP contribution in [0.1, 0.15) is 103 Å². The first-order valence-electron chi connectivity index (χ1n) is 13.3. The van der Waals surface area contributed by atoms with Crippen molar-refractivity contribution in [3.8, 4) is 11.1 Å². The van der Waals surface area contributed by atoms with Crippen LogP contribution in [0.25, 0.3) is 17.2 Å². The van der Waals surface area contributed by atoms with Gasteiger partial charge in [0.15, 0.2) is 0 Å². The van der Waals surface area contributed by atoms with Gasteiger partial charge in [-0.05, 0) is 66.8 Å². The van der Waals surface area contributed by atoms with E-state index in [1.165, 1.54) is 17.7 Å². The van der Waals surface area contributed by atoms with Gasteiger partial charge in [0.1, 0.15) is 11.6 Å². The summed E-state index contributed by atoms with van der Waals surface area (Å²) in [5.74, 6) is 1.06. The molecule has 2 heterocycles. The molecule has 0 radical (unpaired) electrons. The van der Waals surface area contributed by atoms with Crippen molar-refractivity contribution in [2.24, 2.45) is 0 Å². The average Bonchev–Trinajstić information content (AvgIpc) is 2.91. The Labute approximate surface area is 224 Å². The summed E-state index contributed by atoms with van der Waals surface area (Å²) in [5.41, 5.74) is 6.08. The lowest BCUT2D eigenvalue weighted by Gasteiger charge is -2.15. The minimum atomic E-state index is -0.325. The van der Waals surface area contributed by atoms with Gasteiger partial charge in [-0.25, -0.2) is 14.4 Å². The Balaban J connectivity index is 0.000000688. The highest BCUT2D eigenvalue weighted by molar-refractivity contribution is 6.33. The van der Waals surface area contributed by atoms with Gasteiger partial charge in [-0.1, -0.05) is 86.9 Å². The molecule has 5 heteroatoms. The van der Waals surface area contributed by atoms with Gasteiger partial charge in [0, 0.05) is 29.1 Å². The number of pyridine rings is 1. The SMILES string of the molecule is C=Cc1cc(-c2ccc(F)cc2Cl)c(CCC)c(CC)n1.CC.CC.CCc1ccnc(C(C)C)n1. The lowest BCUT2D eigenvalue weighted by molar-refractivity contribution is 0.628. The van der Waals surface area contributed by atoms with Crippen LogP contribution >= 0.6 is 11.6 Å². The summed E-state index contributed by atoms with van der Waals surface area (Å²) in [4.78, 5) is 13.2. The van der Waals surface area contributed by atoms with Gasteiger partial charge in [0.05, 0.1) is 10.7 Å². The topological polar surface area (TPSA) is 38.7 Å². The number of aromatic nitrogens is 3. The van der Waals surface area contributed by atoms with Gasteiger partial charge in [0.25, 0.3) is 0 Å². The summed E-state index contributed by atoms with van der Waals surface area (Å²) in [6.45, 7) is 22.3. The fourth-order valence-electron chi connectivity index (χ4n) is 3.41. The molecule has 3 aromatic rings. The van der Waals surface area contributed by atoms with E-state index in [-0.39, 0.29) is 5.82 Å². The largest absolute Gasteiger partial charge is 0.253 e. The summed E-state index contributed by atoms with van der Waals surface area (Å²) >= 11 is 6.24. The maximum Gasteiger partial charge on any atom is 0.131 e. The molecule has 0 bridgehead atoms. The molecule has 1 aromatic carbocycles. The van der Waals surface area contributed by atoms with Gasteiger partial charge < -0.3 is 0 Å². The van der Waals surface area contributed by atoms with Crippen LogP contribution in [0.4, 0.5) is 4.39 Å². The molecule has 0 aliphatic heterocycles. The normalized spacial score (nSPS) is 9.78. The van der Waals surface area contributed by atoms with Crippen molar-refractivity contribution in [1.29, 1.82) is 0 Å². The Morgan fingerprint density at radius 1 is 0.944 bits per heavy atom. The molecule has 0 aliphatic rings. The fraction of sp³-hybridized carbons (Fsp3) is 0.452. The first-order chi connectivity index (χ1) is 17.3. The molecule has 0 amide bonds. The van der Waals surface area contributed by atoms with Crippen molar-refractivity contribution in [3.05, 3.63) is 82.4 Å². The maximum absolute atomic E-state index is 13.3. The van der Waals surface area contributed by atoms with E-state index < -0.39 is 0 Å². The summed E-state index contributed by atoms with van der Waals surface area (Å²) in [5, 5.41) is 0.426. The highest BCUT2D eigenvalue weighted by Gasteiger charge is 2.14. The molecule has 0 atom stereocenters. The van der Waals surface area contributed by atoms with Gasteiger partial charge >= 0.3 is 0 Å². The minimum absolute atomic E-state index is 0.325. The van der Waals surface area contributed by atoms with E-state index >= 15 is 0 Å². The molecule has 0 aliphatic carbocycles. The molecular formula is C31H45ClFN3. The molecule has 0 spiro atoms. The number of hydrogen-bond acceptors (Lipinski definition) is 3. The van der Waals surface area contributed by atoms with Gasteiger partial charge in [-0.3, -0.25) is 4.98 Å². The monoisotopic (exact) mass is 513 g/mol. The molecule has 2 aromatic heterocycles. The second kappa shape index (κ2) is 18.6. The number of nitrogens with zero attached hydrogens (tertiary/aromatic N) is 3. The van der Waals surface area contributed by atoms with Crippen molar-refractivity contribution >= 4 is 17.7 Å². The number of rotatable bonds is 7. The molecule has 0 unspecified atom stereocenters. The minimum Gasteiger partial charge on any atom is -0.253 e.